The van der Waals surface area contributed by atoms with Crippen LogP contribution in [-0.2, 0) is 11.4 Å². The van der Waals surface area contributed by atoms with Gasteiger partial charge < -0.3 is 14.7 Å². The Balaban J connectivity index is 1.47. The number of ether oxygens (including phenoxy) is 1. The van der Waals surface area contributed by atoms with E-state index in [0.29, 0.717) is 26.2 Å². The lowest BCUT2D eigenvalue weighted by molar-refractivity contribution is -0.127. The van der Waals surface area contributed by atoms with Crippen LogP contribution >= 0.6 is 0 Å². The first-order chi connectivity index (χ1) is 13.2. The van der Waals surface area contributed by atoms with Crippen LogP contribution in [0.25, 0.3) is 6.08 Å². The molecule has 0 saturated carbocycles. The van der Waals surface area contributed by atoms with Crippen molar-refractivity contribution in [2.45, 2.75) is 6.61 Å². The summed E-state index contributed by atoms with van der Waals surface area (Å²) >= 11 is 0. The highest BCUT2D eigenvalue weighted by Crippen LogP contribution is 2.15. The Morgan fingerprint density at radius 2 is 1.70 bits per heavy atom. The number of nitrogens with zero attached hydrogens (tertiary/aromatic N) is 2. The maximum Gasteiger partial charge on any atom is 0.246 e. The summed E-state index contributed by atoms with van der Waals surface area (Å²) in [6.07, 6.45) is 3.46. The van der Waals surface area contributed by atoms with Gasteiger partial charge in [0.1, 0.15) is 12.4 Å². The summed E-state index contributed by atoms with van der Waals surface area (Å²) in [5.41, 5.74) is 2.10. The predicted octanol–water partition coefficient (Wildman–Crippen LogP) is 2.42. The molecule has 5 heteroatoms. The van der Waals surface area contributed by atoms with Crippen molar-refractivity contribution in [2.75, 3.05) is 39.3 Å². The van der Waals surface area contributed by atoms with E-state index in [1.807, 2.05) is 65.6 Å². The number of aliphatic hydroxyl groups excluding tert-OH is 1. The minimum Gasteiger partial charge on any atom is -0.489 e. The Hall–Kier alpha value is -2.63. The first kappa shape index (κ1) is 19.1. The van der Waals surface area contributed by atoms with E-state index in [-0.39, 0.29) is 12.5 Å². The molecule has 0 atom stereocenters. The topological polar surface area (TPSA) is 53.0 Å². The molecule has 0 unspecified atom stereocenters. The molecule has 27 heavy (non-hydrogen) atoms. The highest BCUT2D eigenvalue weighted by molar-refractivity contribution is 5.91. The van der Waals surface area contributed by atoms with Crippen LogP contribution in [0.5, 0.6) is 5.75 Å². The van der Waals surface area contributed by atoms with Crippen molar-refractivity contribution in [1.82, 2.24) is 9.80 Å². The smallest absolute Gasteiger partial charge is 0.246 e. The Labute approximate surface area is 160 Å². The average Bonchev–Trinajstić information content (AvgIpc) is 2.73. The minimum atomic E-state index is 0.0306. The van der Waals surface area contributed by atoms with Gasteiger partial charge in [0.05, 0.1) is 6.61 Å². The van der Waals surface area contributed by atoms with Crippen molar-refractivity contribution in [3.63, 3.8) is 0 Å². The molecule has 0 aliphatic carbocycles. The molecule has 1 aliphatic heterocycles. The van der Waals surface area contributed by atoms with Crippen LogP contribution in [0.2, 0.25) is 0 Å². The number of amides is 1. The third-order valence-electron chi connectivity index (χ3n) is 4.65. The van der Waals surface area contributed by atoms with E-state index >= 15 is 0 Å². The molecular formula is C22H26N2O3. The van der Waals surface area contributed by atoms with Crippen molar-refractivity contribution in [1.29, 1.82) is 0 Å². The molecule has 1 aliphatic rings. The molecule has 0 spiro atoms. The van der Waals surface area contributed by atoms with Crippen molar-refractivity contribution in [2.24, 2.45) is 0 Å². The number of benzene rings is 2. The number of carbonyl (C=O) groups excluding carboxylic acids is 1. The van der Waals surface area contributed by atoms with Crippen LogP contribution in [-0.4, -0.2) is 60.1 Å². The van der Waals surface area contributed by atoms with Gasteiger partial charge in [0.25, 0.3) is 0 Å². The van der Waals surface area contributed by atoms with Gasteiger partial charge >= 0.3 is 0 Å². The third-order valence-corrected chi connectivity index (χ3v) is 4.65. The van der Waals surface area contributed by atoms with Gasteiger partial charge in [-0.3, -0.25) is 9.69 Å². The number of aliphatic hydroxyl groups is 1. The number of β-amino-alcohol motifs (C(OH)–C–C–N with tert-alkyl or cyclic N) is 1. The summed E-state index contributed by atoms with van der Waals surface area (Å²) in [7, 11) is 0. The summed E-state index contributed by atoms with van der Waals surface area (Å²) in [5, 5.41) is 8.97. The number of carbonyl (C=O) groups is 1. The SMILES string of the molecule is O=C(/C=C/c1ccc(OCc2ccccc2)cc1)N1CCN(CCO)CC1. The molecular weight excluding hydrogens is 340 g/mol. The molecule has 1 amide bonds. The summed E-state index contributed by atoms with van der Waals surface area (Å²) < 4.78 is 5.78. The molecule has 1 N–H and O–H groups in total. The Morgan fingerprint density at radius 3 is 2.37 bits per heavy atom. The van der Waals surface area contributed by atoms with Crippen LogP contribution in [0.4, 0.5) is 0 Å². The molecule has 1 saturated heterocycles. The first-order valence-electron chi connectivity index (χ1n) is 9.31. The average molecular weight is 366 g/mol. The van der Waals surface area contributed by atoms with E-state index in [1.165, 1.54) is 0 Å². The monoisotopic (exact) mass is 366 g/mol. The van der Waals surface area contributed by atoms with Gasteiger partial charge in [-0.25, -0.2) is 0 Å². The van der Waals surface area contributed by atoms with E-state index in [9.17, 15) is 4.79 Å². The first-order valence-corrected chi connectivity index (χ1v) is 9.31. The highest BCUT2D eigenvalue weighted by Gasteiger charge is 2.18. The highest BCUT2D eigenvalue weighted by atomic mass is 16.5. The second-order valence-electron chi connectivity index (χ2n) is 6.57. The summed E-state index contributed by atoms with van der Waals surface area (Å²) in [5.74, 6) is 0.838. The Bertz CT molecular complexity index is 736. The third kappa shape index (κ3) is 5.94. The predicted molar refractivity (Wildman–Crippen MR) is 106 cm³/mol. The van der Waals surface area contributed by atoms with Crippen molar-refractivity contribution in [3.8, 4) is 5.75 Å². The minimum absolute atomic E-state index is 0.0306. The van der Waals surface area contributed by atoms with Gasteiger partial charge in [-0.15, -0.1) is 0 Å². The molecule has 1 fully saturated rings. The van der Waals surface area contributed by atoms with Crippen LogP contribution < -0.4 is 4.74 Å². The second-order valence-corrected chi connectivity index (χ2v) is 6.57. The number of hydrogen-bond acceptors (Lipinski definition) is 4. The molecule has 142 valence electrons. The van der Waals surface area contributed by atoms with E-state index in [0.717, 1.165) is 30.0 Å². The van der Waals surface area contributed by atoms with Gasteiger partial charge in [-0.2, -0.15) is 0 Å². The van der Waals surface area contributed by atoms with Crippen LogP contribution in [0.1, 0.15) is 11.1 Å². The summed E-state index contributed by atoms with van der Waals surface area (Å²) in [6, 6.07) is 17.8. The largest absolute Gasteiger partial charge is 0.489 e. The lowest BCUT2D eigenvalue weighted by atomic mass is 10.2. The molecule has 2 aromatic rings. The van der Waals surface area contributed by atoms with E-state index in [2.05, 4.69) is 4.90 Å². The lowest BCUT2D eigenvalue weighted by Crippen LogP contribution is -2.48. The zero-order valence-electron chi connectivity index (χ0n) is 15.5. The Kier molecular flexibility index (Phi) is 7.02. The number of rotatable bonds is 7. The zero-order chi connectivity index (χ0) is 18.9. The maximum atomic E-state index is 12.3. The normalized spacial score (nSPS) is 15.2. The molecule has 0 radical (unpaired) electrons. The van der Waals surface area contributed by atoms with Crippen LogP contribution in [0, 0.1) is 0 Å². The van der Waals surface area contributed by atoms with Gasteiger partial charge in [0.2, 0.25) is 5.91 Å². The van der Waals surface area contributed by atoms with Crippen LogP contribution in [0.15, 0.2) is 60.7 Å². The molecule has 0 aromatic heterocycles. The van der Waals surface area contributed by atoms with Crippen molar-refractivity contribution in [3.05, 3.63) is 71.8 Å². The van der Waals surface area contributed by atoms with Gasteiger partial charge in [0.15, 0.2) is 0 Å². The van der Waals surface area contributed by atoms with Crippen molar-refractivity contribution < 1.29 is 14.6 Å². The molecule has 2 aromatic carbocycles. The standard InChI is InChI=1S/C22H26N2O3/c25-17-16-23-12-14-24(15-13-23)22(26)11-8-19-6-9-21(10-7-19)27-18-20-4-2-1-3-5-20/h1-11,25H,12-18H2/b11-8+. The molecule has 3 rings (SSSR count). The van der Waals surface area contributed by atoms with E-state index < -0.39 is 0 Å². The van der Waals surface area contributed by atoms with Crippen molar-refractivity contribution >= 4 is 12.0 Å². The molecule has 5 nitrogen and oxygen atoms in total. The fraction of sp³-hybridized carbons (Fsp3) is 0.318. The summed E-state index contributed by atoms with van der Waals surface area (Å²) in [6.45, 7) is 4.41. The van der Waals surface area contributed by atoms with Gasteiger partial charge in [-0.05, 0) is 29.3 Å². The summed E-state index contributed by atoms with van der Waals surface area (Å²) in [4.78, 5) is 16.3. The number of hydrogen-bond donors (Lipinski definition) is 1. The van der Waals surface area contributed by atoms with E-state index in [4.69, 9.17) is 9.84 Å². The fourth-order valence-corrected chi connectivity index (χ4v) is 3.02. The Morgan fingerprint density at radius 1 is 1.00 bits per heavy atom. The van der Waals surface area contributed by atoms with Gasteiger partial charge in [-0.1, -0.05) is 42.5 Å². The van der Waals surface area contributed by atoms with E-state index in [1.54, 1.807) is 6.08 Å². The second kappa shape index (κ2) is 9.90. The molecule has 1 heterocycles. The fourth-order valence-electron chi connectivity index (χ4n) is 3.02. The van der Waals surface area contributed by atoms with Crippen LogP contribution in [0.3, 0.4) is 0 Å². The maximum absolute atomic E-state index is 12.3. The van der Waals surface area contributed by atoms with Gasteiger partial charge in [0, 0.05) is 38.8 Å². The zero-order valence-corrected chi connectivity index (χ0v) is 15.5. The molecule has 0 bridgehead atoms. The lowest BCUT2D eigenvalue weighted by Gasteiger charge is -2.33. The quantitative estimate of drug-likeness (QED) is 0.765. The number of piperazine rings is 1.